The van der Waals surface area contributed by atoms with E-state index < -0.39 is 4.92 Å². The van der Waals surface area contributed by atoms with E-state index in [-0.39, 0.29) is 16.6 Å². The highest BCUT2D eigenvalue weighted by Gasteiger charge is 2.11. The summed E-state index contributed by atoms with van der Waals surface area (Å²) in [5.41, 5.74) is 0.859. The number of aromatic nitrogens is 2. The monoisotopic (exact) mass is 311 g/mol. The van der Waals surface area contributed by atoms with Gasteiger partial charge in [0, 0.05) is 12.1 Å². The van der Waals surface area contributed by atoms with Gasteiger partial charge in [0.05, 0.1) is 35.8 Å². The molecule has 0 aliphatic rings. The fourth-order valence-corrected chi connectivity index (χ4v) is 2.34. The van der Waals surface area contributed by atoms with Crippen molar-refractivity contribution in [2.45, 2.75) is 6.54 Å². The Bertz CT molecular complexity index is 949. The van der Waals surface area contributed by atoms with Gasteiger partial charge >= 0.3 is 0 Å². The Hall–Kier alpha value is -3.22. The third-order valence-corrected chi connectivity index (χ3v) is 3.51. The highest BCUT2D eigenvalue weighted by molar-refractivity contribution is 5.79. The molecular formula is C16H13N3O4. The van der Waals surface area contributed by atoms with E-state index in [0.717, 1.165) is 5.56 Å². The fourth-order valence-electron chi connectivity index (χ4n) is 2.34. The lowest BCUT2D eigenvalue weighted by molar-refractivity contribution is -0.384. The van der Waals surface area contributed by atoms with Gasteiger partial charge < -0.3 is 4.74 Å². The molecule has 0 spiro atoms. The molecule has 116 valence electrons. The molecule has 0 saturated carbocycles. The van der Waals surface area contributed by atoms with Crippen molar-refractivity contribution in [3.63, 3.8) is 0 Å². The number of hydrogen-bond donors (Lipinski definition) is 0. The molecular weight excluding hydrogens is 298 g/mol. The first-order chi connectivity index (χ1) is 11.1. The van der Waals surface area contributed by atoms with Crippen LogP contribution in [0.15, 0.2) is 53.6 Å². The zero-order valence-corrected chi connectivity index (χ0v) is 12.3. The molecule has 0 atom stereocenters. The van der Waals surface area contributed by atoms with Gasteiger partial charge in [-0.25, -0.2) is 4.98 Å². The van der Waals surface area contributed by atoms with E-state index in [1.807, 2.05) is 24.3 Å². The van der Waals surface area contributed by atoms with Crippen LogP contribution in [0.5, 0.6) is 5.75 Å². The van der Waals surface area contributed by atoms with Crippen LogP contribution in [-0.4, -0.2) is 21.6 Å². The van der Waals surface area contributed by atoms with Gasteiger partial charge in [-0.3, -0.25) is 19.5 Å². The maximum Gasteiger partial charge on any atom is 0.270 e. The molecule has 0 N–H and O–H groups in total. The summed E-state index contributed by atoms with van der Waals surface area (Å²) in [6, 6.07) is 11.4. The Labute approximate surface area is 130 Å². The number of nitro benzene ring substituents is 1. The first-order valence-electron chi connectivity index (χ1n) is 6.85. The van der Waals surface area contributed by atoms with Crippen molar-refractivity contribution in [3.8, 4) is 5.75 Å². The van der Waals surface area contributed by atoms with E-state index in [1.165, 1.54) is 29.1 Å². The van der Waals surface area contributed by atoms with Gasteiger partial charge in [0.2, 0.25) is 0 Å². The quantitative estimate of drug-likeness (QED) is 0.545. The number of fused-ring (bicyclic) bond motifs is 1. The van der Waals surface area contributed by atoms with E-state index in [9.17, 15) is 14.9 Å². The van der Waals surface area contributed by atoms with E-state index in [1.54, 1.807) is 7.11 Å². The second-order valence-corrected chi connectivity index (χ2v) is 4.99. The van der Waals surface area contributed by atoms with Crippen LogP contribution >= 0.6 is 0 Å². The van der Waals surface area contributed by atoms with Crippen molar-refractivity contribution in [2.75, 3.05) is 7.11 Å². The normalized spacial score (nSPS) is 10.7. The largest absolute Gasteiger partial charge is 0.497 e. The molecule has 0 unspecified atom stereocenters. The predicted octanol–water partition coefficient (Wildman–Crippen LogP) is 2.36. The molecule has 0 bridgehead atoms. The van der Waals surface area contributed by atoms with Crippen LogP contribution in [0.1, 0.15) is 5.56 Å². The number of nitrogens with zero attached hydrogens (tertiary/aromatic N) is 3. The highest BCUT2D eigenvalue weighted by atomic mass is 16.6. The third kappa shape index (κ3) is 2.89. The van der Waals surface area contributed by atoms with Crippen molar-refractivity contribution in [1.82, 2.24) is 9.55 Å². The van der Waals surface area contributed by atoms with Crippen molar-refractivity contribution < 1.29 is 9.66 Å². The lowest BCUT2D eigenvalue weighted by Gasteiger charge is -2.08. The lowest BCUT2D eigenvalue weighted by Crippen LogP contribution is -2.21. The minimum atomic E-state index is -0.529. The number of ether oxygens (including phenoxy) is 1. The lowest BCUT2D eigenvalue weighted by atomic mass is 10.2. The number of hydrogen-bond acceptors (Lipinski definition) is 5. The van der Waals surface area contributed by atoms with Crippen LogP contribution in [-0.2, 0) is 6.54 Å². The molecule has 23 heavy (non-hydrogen) atoms. The molecule has 7 nitrogen and oxygen atoms in total. The molecule has 0 saturated heterocycles. The summed E-state index contributed by atoms with van der Waals surface area (Å²) in [6.45, 7) is 0.307. The number of methoxy groups -OCH3 is 1. The standard InChI is InChI=1S/C16H13N3O4/c1-23-13-4-2-3-11(7-13)9-18-10-17-15-6-5-12(19(21)22)8-14(15)16(18)20/h2-8,10H,9H2,1H3. The summed E-state index contributed by atoms with van der Waals surface area (Å²) in [6.07, 6.45) is 1.44. The molecule has 7 heteroatoms. The summed E-state index contributed by atoms with van der Waals surface area (Å²) in [7, 11) is 1.57. The fraction of sp³-hybridized carbons (Fsp3) is 0.125. The van der Waals surface area contributed by atoms with E-state index in [2.05, 4.69) is 4.98 Å². The summed E-state index contributed by atoms with van der Waals surface area (Å²) in [5.74, 6) is 0.694. The molecule has 0 amide bonds. The zero-order valence-electron chi connectivity index (χ0n) is 12.3. The van der Waals surface area contributed by atoms with Crippen molar-refractivity contribution >= 4 is 16.6 Å². The second kappa shape index (κ2) is 5.88. The van der Waals surface area contributed by atoms with Crippen LogP contribution in [0.4, 0.5) is 5.69 Å². The smallest absolute Gasteiger partial charge is 0.270 e. The van der Waals surface area contributed by atoms with Crippen LogP contribution in [0.2, 0.25) is 0 Å². The highest BCUT2D eigenvalue weighted by Crippen LogP contribution is 2.17. The topological polar surface area (TPSA) is 87.3 Å². The van der Waals surface area contributed by atoms with Gasteiger partial charge in [-0.05, 0) is 23.8 Å². The minimum absolute atomic E-state index is 0.129. The number of benzene rings is 2. The Morgan fingerprint density at radius 2 is 2.09 bits per heavy atom. The molecule has 3 aromatic rings. The summed E-state index contributed by atoms with van der Waals surface area (Å²) in [5, 5.41) is 11.1. The van der Waals surface area contributed by atoms with Gasteiger partial charge in [0.15, 0.2) is 0 Å². The number of nitro groups is 1. The molecule has 0 fully saturated rings. The Kier molecular flexibility index (Phi) is 3.76. The van der Waals surface area contributed by atoms with Crippen molar-refractivity contribution in [3.05, 3.63) is 74.8 Å². The van der Waals surface area contributed by atoms with Gasteiger partial charge in [0.25, 0.3) is 11.2 Å². The summed E-state index contributed by atoms with van der Waals surface area (Å²) < 4.78 is 6.57. The van der Waals surface area contributed by atoms with Gasteiger partial charge in [-0.2, -0.15) is 0 Å². The predicted molar refractivity (Wildman–Crippen MR) is 84.8 cm³/mol. The Morgan fingerprint density at radius 3 is 2.83 bits per heavy atom. The Balaban J connectivity index is 2.05. The number of rotatable bonds is 4. The first kappa shape index (κ1) is 14.7. The van der Waals surface area contributed by atoms with Gasteiger partial charge in [-0.15, -0.1) is 0 Å². The molecule has 1 heterocycles. The van der Waals surface area contributed by atoms with Crippen LogP contribution < -0.4 is 10.3 Å². The second-order valence-electron chi connectivity index (χ2n) is 4.99. The molecule has 0 aliphatic carbocycles. The third-order valence-electron chi connectivity index (χ3n) is 3.51. The van der Waals surface area contributed by atoms with Crippen molar-refractivity contribution in [1.29, 1.82) is 0 Å². The van der Waals surface area contributed by atoms with Crippen LogP contribution in [0.25, 0.3) is 10.9 Å². The summed E-state index contributed by atoms with van der Waals surface area (Å²) in [4.78, 5) is 27.1. The van der Waals surface area contributed by atoms with E-state index in [4.69, 9.17) is 4.74 Å². The number of non-ortho nitro benzene ring substituents is 1. The maximum atomic E-state index is 12.5. The molecule has 3 rings (SSSR count). The van der Waals surface area contributed by atoms with Crippen molar-refractivity contribution in [2.24, 2.45) is 0 Å². The SMILES string of the molecule is COc1cccc(Cn2cnc3ccc([N+](=O)[O-])cc3c2=O)c1. The Morgan fingerprint density at radius 1 is 1.26 bits per heavy atom. The molecule has 0 radical (unpaired) electrons. The van der Waals surface area contributed by atoms with Gasteiger partial charge in [-0.1, -0.05) is 12.1 Å². The molecule has 0 aliphatic heterocycles. The van der Waals surface area contributed by atoms with Crippen LogP contribution in [0, 0.1) is 10.1 Å². The maximum absolute atomic E-state index is 12.5. The van der Waals surface area contributed by atoms with Crippen LogP contribution in [0.3, 0.4) is 0 Å². The van der Waals surface area contributed by atoms with E-state index >= 15 is 0 Å². The minimum Gasteiger partial charge on any atom is -0.497 e. The van der Waals surface area contributed by atoms with Gasteiger partial charge in [0.1, 0.15) is 5.75 Å². The molecule has 2 aromatic carbocycles. The average molecular weight is 311 g/mol. The summed E-state index contributed by atoms with van der Waals surface area (Å²) >= 11 is 0. The zero-order chi connectivity index (χ0) is 16.4. The average Bonchev–Trinajstić information content (AvgIpc) is 2.57. The molecule has 1 aromatic heterocycles. The van der Waals surface area contributed by atoms with E-state index in [0.29, 0.717) is 17.8 Å². The first-order valence-corrected chi connectivity index (χ1v) is 6.85.